The molecule has 1 aromatic heterocycles. The Morgan fingerprint density at radius 1 is 1.27 bits per heavy atom. The highest BCUT2D eigenvalue weighted by atomic mass is 16.5. The van der Waals surface area contributed by atoms with Gasteiger partial charge >= 0.3 is 6.03 Å². The number of ether oxygens (including phenoxy) is 2. The van der Waals surface area contributed by atoms with Crippen molar-refractivity contribution >= 4 is 22.6 Å². The molecule has 0 bridgehead atoms. The molecule has 1 atom stereocenters. The fraction of sp³-hybridized carbons (Fsp3) is 0.263. The van der Waals surface area contributed by atoms with Gasteiger partial charge < -0.3 is 15.2 Å². The number of aromatic amines is 1. The van der Waals surface area contributed by atoms with Crippen LogP contribution in [0.4, 0.5) is 10.5 Å². The predicted molar refractivity (Wildman–Crippen MR) is 98.8 cm³/mol. The van der Waals surface area contributed by atoms with Crippen molar-refractivity contribution in [2.75, 3.05) is 19.1 Å². The summed E-state index contributed by atoms with van der Waals surface area (Å²) in [7, 11) is 3.22. The van der Waals surface area contributed by atoms with Gasteiger partial charge in [-0.2, -0.15) is 5.10 Å². The van der Waals surface area contributed by atoms with Gasteiger partial charge in [0.25, 0.3) is 0 Å². The van der Waals surface area contributed by atoms with Crippen LogP contribution in [0.15, 0.2) is 36.5 Å². The average Bonchev–Trinajstić information content (AvgIpc) is 3.28. The number of carbonyl (C=O) groups is 1. The Balaban J connectivity index is 1.84. The van der Waals surface area contributed by atoms with Gasteiger partial charge in [0.2, 0.25) is 0 Å². The predicted octanol–water partition coefficient (Wildman–Crippen LogP) is 3.15. The number of primary amides is 1. The SMILES string of the molecule is COc1cc2c(cc1OC)C(N(C(N)=O)c1cccc3[nH]ncc13)CC2. The molecule has 4 rings (SSSR count). The fourth-order valence-electron chi connectivity index (χ4n) is 3.78. The van der Waals surface area contributed by atoms with Gasteiger partial charge in [-0.1, -0.05) is 6.07 Å². The monoisotopic (exact) mass is 352 g/mol. The van der Waals surface area contributed by atoms with Crippen molar-refractivity contribution in [1.29, 1.82) is 0 Å². The number of amides is 2. The molecule has 0 saturated heterocycles. The molecule has 134 valence electrons. The van der Waals surface area contributed by atoms with Crippen LogP contribution in [-0.2, 0) is 6.42 Å². The summed E-state index contributed by atoms with van der Waals surface area (Å²) in [4.78, 5) is 14.0. The molecule has 0 radical (unpaired) electrons. The standard InChI is InChI=1S/C19H20N4O3/c1-25-17-8-11-6-7-16(12(11)9-18(17)26-2)23(19(20)24)15-5-3-4-14-13(15)10-21-22-14/h3-5,8-10,16H,6-7H2,1-2H3,(H2,20,24)(H,21,22). The van der Waals surface area contributed by atoms with E-state index in [1.165, 1.54) is 0 Å². The van der Waals surface area contributed by atoms with E-state index in [0.29, 0.717) is 11.5 Å². The quantitative estimate of drug-likeness (QED) is 0.754. The van der Waals surface area contributed by atoms with Gasteiger partial charge in [0.15, 0.2) is 11.5 Å². The van der Waals surface area contributed by atoms with E-state index >= 15 is 0 Å². The second-order valence-corrected chi connectivity index (χ2v) is 6.28. The van der Waals surface area contributed by atoms with E-state index in [2.05, 4.69) is 10.2 Å². The molecule has 0 fully saturated rings. The largest absolute Gasteiger partial charge is 0.493 e. The van der Waals surface area contributed by atoms with Crippen molar-refractivity contribution < 1.29 is 14.3 Å². The maximum absolute atomic E-state index is 12.4. The molecule has 3 aromatic rings. The summed E-state index contributed by atoms with van der Waals surface area (Å²) in [6.07, 6.45) is 3.33. The third-order valence-corrected chi connectivity index (χ3v) is 4.96. The van der Waals surface area contributed by atoms with Gasteiger partial charge in [-0.15, -0.1) is 0 Å². The first-order chi connectivity index (χ1) is 12.6. The van der Waals surface area contributed by atoms with Crippen LogP contribution >= 0.6 is 0 Å². The summed E-state index contributed by atoms with van der Waals surface area (Å²) >= 11 is 0. The van der Waals surface area contributed by atoms with Crippen molar-refractivity contribution in [1.82, 2.24) is 10.2 Å². The summed E-state index contributed by atoms with van der Waals surface area (Å²) in [6, 6.07) is 8.96. The summed E-state index contributed by atoms with van der Waals surface area (Å²) in [5, 5.41) is 7.88. The highest BCUT2D eigenvalue weighted by Gasteiger charge is 2.33. The van der Waals surface area contributed by atoms with Crippen molar-refractivity contribution in [2.24, 2.45) is 5.73 Å². The molecule has 1 heterocycles. The fourth-order valence-corrected chi connectivity index (χ4v) is 3.78. The smallest absolute Gasteiger partial charge is 0.319 e. The molecule has 1 unspecified atom stereocenters. The van der Waals surface area contributed by atoms with Crippen LogP contribution in [0, 0.1) is 0 Å². The molecule has 26 heavy (non-hydrogen) atoms. The minimum Gasteiger partial charge on any atom is -0.493 e. The number of hydrogen-bond acceptors (Lipinski definition) is 4. The summed E-state index contributed by atoms with van der Waals surface area (Å²) in [5.41, 5.74) is 9.57. The number of aryl methyl sites for hydroxylation is 1. The molecule has 0 aliphatic heterocycles. The number of nitrogens with one attached hydrogen (secondary N) is 1. The normalized spacial score (nSPS) is 15.7. The maximum atomic E-state index is 12.4. The molecule has 1 aliphatic rings. The van der Waals surface area contributed by atoms with Crippen LogP contribution in [0.5, 0.6) is 11.5 Å². The molecule has 7 heteroatoms. The van der Waals surface area contributed by atoms with E-state index in [0.717, 1.165) is 40.6 Å². The number of nitrogens with two attached hydrogens (primary N) is 1. The molecule has 3 N–H and O–H groups in total. The molecule has 0 saturated carbocycles. The number of fused-ring (bicyclic) bond motifs is 2. The number of urea groups is 1. The molecule has 2 aromatic carbocycles. The molecular weight excluding hydrogens is 332 g/mol. The number of nitrogens with zero attached hydrogens (tertiary/aromatic N) is 2. The van der Waals surface area contributed by atoms with E-state index in [-0.39, 0.29) is 6.04 Å². The lowest BCUT2D eigenvalue weighted by atomic mass is 10.0. The Kier molecular flexibility index (Phi) is 3.91. The van der Waals surface area contributed by atoms with Crippen LogP contribution < -0.4 is 20.1 Å². The van der Waals surface area contributed by atoms with E-state index < -0.39 is 6.03 Å². The van der Waals surface area contributed by atoms with E-state index in [9.17, 15) is 4.79 Å². The Morgan fingerprint density at radius 2 is 2.04 bits per heavy atom. The van der Waals surface area contributed by atoms with Gasteiger partial charge in [-0.3, -0.25) is 10.00 Å². The van der Waals surface area contributed by atoms with Gasteiger partial charge in [-0.05, 0) is 48.2 Å². The first kappa shape index (κ1) is 16.3. The number of benzene rings is 2. The van der Waals surface area contributed by atoms with Gasteiger partial charge in [0, 0.05) is 5.39 Å². The number of hydrogen-bond donors (Lipinski definition) is 2. The summed E-state index contributed by atoms with van der Waals surface area (Å²) in [5.74, 6) is 1.33. The van der Waals surface area contributed by atoms with Crippen molar-refractivity contribution in [2.45, 2.75) is 18.9 Å². The molecular formula is C19H20N4O3. The molecule has 1 aliphatic carbocycles. The molecule has 0 spiro atoms. The zero-order chi connectivity index (χ0) is 18.3. The number of H-pyrrole nitrogens is 1. The first-order valence-corrected chi connectivity index (χ1v) is 8.39. The van der Waals surface area contributed by atoms with Crippen LogP contribution in [0.3, 0.4) is 0 Å². The number of rotatable bonds is 4. The topological polar surface area (TPSA) is 93.5 Å². The third kappa shape index (κ3) is 2.44. The van der Waals surface area contributed by atoms with Gasteiger partial charge in [-0.25, -0.2) is 4.79 Å². The Labute approximate surface area is 150 Å². The third-order valence-electron chi connectivity index (χ3n) is 4.96. The van der Waals surface area contributed by atoms with E-state index in [4.69, 9.17) is 15.2 Å². The lowest BCUT2D eigenvalue weighted by molar-refractivity contribution is 0.251. The molecule has 7 nitrogen and oxygen atoms in total. The van der Waals surface area contributed by atoms with Gasteiger partial charge in [0.05, 0.1) is 37.7 Å². The molecule has 2 amide bonds. The van der Waals surface area contributed by atoms with Gasteiger partial charge in [0.1, 0.15) is 0 Å². The minimum absolute atomic E-state index is 0.164. The number of methoxy groups -OCH3 is 2. The minimum atomic E-state index is -0.494. The van der Waals surface area contributed by atoms with Crippen LogP contribution in [0.25, 0.3) is 10.9 Å². The summed E-state index contributed by atoms with van der Waals surface area (Å²) in [6.45, 7) is 0. The van der Waals surface area contributed by atoms with Crippen LogP contribution in [-0.4, -0.2) is 30.4 Å². The van der Waals surface area contributed by atoms with Crippen LogP contribution in [0.2, 0.25) is 0 Å². The lowest BCUT2D eigenvalue weighted by Gasteiger charge is -2.29. The second kappa shape index (κ2) is 6.25. The maximum Gasteiger partial charge on any atom is 0.319 e. The lowest BCUT2D eigenvalue weighted by Crippen LogP contribution is -2.38. The number of carbonyl (C=O) groups excluding carboxylic acids is 1. The van der Waals surface area contributed by atoms with Crippen LogP contribution in [0.1, 0.15) is 23.6 Å². The first-order valence-electron chi connectivity index (χ1n) is 8.39. The zero-order valence-electron chi connectivity index (χ0n) is 14.7. The average molecular weight is 352 g/mol. The zero-order valence-corrected chi connectivity index (χ0v) is 14.7. The number of aromatic nitrogens is 2. The van der Waals surface area contributed by atoms with Crippen molar-refractivity contribution in [3.8, 4) is 11.5 Å². The van der Waals surface area contributed by atoms with Crippen molar-refractivity contribution in [3.05, 3.63) is 47.7 Å². The Hall–Kier alpha value is -3.22. The number of anilines is 1. The van der Waals surface area contributed by atoms with Crippen molar-refractivity contribution in [3.63, 3.8) is 0 Å². The Bertz CT molecular complexity index is 982. The highest BCUT2D eigenvalue weighted by molar-refractivity contribution is 6.02. The second-order valence-electron chi connectivity index (χ2n) is 6.28. The summed E-state index contributed by atoms with van der Waals surface area (Å²) < 4.78 is 10.8. The Morgan fingerprint density at radius 3 is 2.77 bits per heavy atom. The van der Waals surface area contributed by atoms with E-state index in [1.807, 2.05) is 30.3 Å². The van der Waals surface area contributed by atoms with E-state index in [1.54, 1.807) is 25.3 Å². The highest BCUT2D eigenvalue weighted by Crippen LogP contribution is 2.44.